The summed E-state index contributed by atoms with van der Waals surface area (Å²) in [7, 11) is 1.20. The number of esters is 1. The summed E-state index contributed by atoms with van der Waals surface area (Å²) in [6, 6.07) is 5.64. The molecule has 0 radical (unpaired) electrons. The first-order chi connectivity index (χ1) is 9.97. The molecular weight excluding hydrogens is 272 g/mol. The van der Waals surface area contributed by atoms with Gasteiger partial charge in [-0.05, 0) is 31.9 Å². The first-order valence-electron chi connectivity index (χ1n) is 7.03. The van der Waals surface area contributed by atoms with Crippen LogP contribution in [0.5, 0.6) is 5.75 Å². The fourth-order valence-corrected chi connectivity index (χ4v) is 2.49. The van der Waals surface area contributed by atoms with E-state index >= 15 is 0 Å². The van der Waals surface area contributed by atoms with E-state index in [4.69, 9.17) is 4.74 Å². The molecule has 1 N–H and O–H groups in total. The molecule has 0 saturated carbocycles. The van der Waals surface area contributed by atoms with Crippen LogP contribution < -0.4 is 9.64 Å². The van der Waals surface area contributed by atoms with E-state index in [9.17, 15) is 14.8 Å². The van der Waals surface area contributed by atoms with Crippen LogP contribution in [0, 0.1) is 5.92 Å². The molecular formula is C15H20N2O4. The van der Waals surface area contributed by atoms with Crippen LogP contribution in [0.2, 0.25) is 0 Å². The van der Waals surface area contributed by atoms with Gasteiger partial charge in [-0.2, -0.15) is 0 Å². The average Bonchev–Trinajstić information content (AvgIpc) is 2.46. The normalized spacial score (nSPS) is 17.0. The number of carbonyl (C=O) groups is 2. The molecule has 1 amide bonds. The molecule has 6 nitrogen and oxygen atoms in total. The summed E-state index contributed by atoms with van der Waals surface area (Å²) < 4.78 is 5.27. The molecule has 1 aromatic rings. The lowest BCUT2D eigenvalue weighted by Crippen LogP contribution is -2.40. The summed E-state index contributed by atoms with van der Waals surface area (Å²) in [6.45, 7) is 5.83. The number of hydrogen-bond donors (Lipinski definition) is 1. The molecule has 0 aromatic heterocycles. The molecule has 0 saturated heterocycles. The smallest absolute Gasteiger partial charge is 0.324 e. The zero-order valence-corrected chi connectivity index (χ0v) is 12.5. The number of anilines is 1. The van der Waals surface area contributed by atoms with Gasteiger partial charge < -0.3 is 9.64 Å². The minimum atomic E-state index is -0.980. The molecule has 1 aliphatic heterocycles. The Bertz CT molecular complexity index is 553. The average molecular weight is 292 g/mol. The van der Waals surface area contributed by atoms with E-state index in [0.717, 1.165) is 24.3 Å². The van der Waals surface area contributed by atoms with Crippen molar-refractivity contribution in [3.63, 3.8) is 0 Å². The lowest BCUT2D eigenvalue weighted by Gasteiger charge is -2.26. The third-order valence-electron chi connectivity index (χ3n) is 3.72. The van der Waals surface area contributed by atoms with E-state index < -0.39 is 17.8 Å². The lowest BCUT2D eigenvalue weighted by atomic mass is 9.95. The summed E-state index contributed by atoms with van der Waals surface area (Å²) in [5.74, 6) is -1.76. The number of amides is 1. The van der Waals surface area contributed by atoms with E-state index in [-0.39, 0.29) is 6.42 Å². The van der Waals surface area contributed by atoms with Gasteiger partial charge in [0.25, 0.3) is 5.91 Å². The molecule has 1 heterocycles. The van der Waals surface area contributed by atoms with Crippen LogP contribution in [0.3, 0.4) is 0 Å². The topological polar surface area (TPSA) is 70.1 Å². The highest BCUT2D eigenvalue weighted by atomic mass is 16.5. The third-order valence-corrected chi connectivity index (χ3v) is 3.72. The largest absolute Gasteiger partial charge is 0.426 e. The van der Waals surface area contributed by atoms with E-state index in [1.165, 1.54) is 7.05 Å². The first-order valence-corrected chi connectivity index (χ1v) is 7.03. The molecule has 1 aliphatic rings. The number of nitrogens with zero attached hydrogens (tertiary/aromatic N) is 2. The first kappa shape index (κ1) is 15.3. The Kier molecular flexibility index (Phi) is 4.47. The maximum atomic E-state index is 11.9. The maximum Gasteiger partial charge on any atom is 0.324 e. The molecule has 0 spiro atoms. The Balaban J connectivity index is 2.27. The summed E-state index contributed by atoms with van der Waals surface area (Å²) in [6.07, 6.45) is 0.246. The van der Waals surface area contributed by atoms with Crippen molar-refractivity contribution in [1.82, 2.24) is 5.06 Å². The van der Waals surface area contributed by atoms with Gasteiger partial charge in [-0.15, -0.1) is 0 Å². The lowest BCUT2D eigenvalue weighted by molar-refractivity contribution is -0.169. The number of benzene rings is 1. The van der Waals surface area contributed by atoms with E-state index in [0.29, 0.717) is 10.8 Å². The van der Waals surface area contributed by atoms with Gasteiger partial charge in [0.15, 0.2) is 0 Å². The molecule has 114 valence electrons. The van der Waals surface area contributed by atoms with Crippen LogP contribution in [0.25, 0.3) is 0 Å². The Morgan fingerprint density at radius 3 is 2.62 bits per heavy atom. The molecule has 1 aromatic carbocycles. The highest BCUT2D eigenvalue weighted by Crippen LogP contribution is 2.32. The second-order valence-corrected chi connectivity index (χ2v) is 5.00. The number of hydroxylamine groups is 2. The van der Waals surface area contributed by atoms with Crippen molar-refractivity contribution < 1.29 is 19.5 Å². The van der Waals surface area contributed by atoms with E-state index in [2.05, 4.69) is 18.7 Å². The molecule has 0 fully saturated rings. The van der Waals surface area contributed by atoms with Crippen LogP contribution in [0.4, 0.5) is 5.69 Å². The monoisotopic (exact) mass is 292 g/mol. The van der Waals surface area contributed by atoms with Crippen molar-refractivity contribution >= 4 is 17.6 Å². The van der Waals surface area contributed by atoms with Crippen molar-refractivity contribution in [1.29, 1.82) is 0 Å². The fraction of sp³-hybridized carbons (Fsp3) is 0.467. The zero-order chi connectivity index (χ0) is 15.6. The zero-order valence-electron chi connectivity index (χ0n) is 12.5. The van der Waals surface area contributed by atoms with Crippen molar-refractivity contribution in [3.8, 4) is 5.75 Å². The van der Waals surface area contributed by atoms with Crippen LogP contribution in [-0.4, -0.2) is 42.3 Å². The predicted molar refractivity (Wildman–Crippen MR) is 77.4 cm³/mol. The van der Waals surface area contributed by atoms with Crippen molar-refractivity contribution in [2.24, 2.45) is 5.92 Å². The number of rotatable bonds is 4. The van der Waals surface area contributed by atoms with Crippen molar-refractivity contribution in [2.75, 3.05) is 25.0 Å². The van der Waals surface area contributed by atoms with Gasteiger partial charge in [0.1, 0.15) is 11.7 Å². The van der Waals surface area contributed by atoms with Gasteiger partial charge in [0.05, 0.1) is 0 Å². The standard InChI is InChI=1S/C15H20N2O4/c1-4-17(5-2)11-7-6-10-8-12(14(18)16(3)20)15(19)21-13(10)9-11/h6-7,9,12,20H,4-5,8H2,1-3H3. The van der Waals surface area contributed by atoms with Crippen molar-refractivity contribution in [2.45, 2.75) is 20.3 Å². The second-order valence-electron chi connectivity index (χ2n) is 5.00. The molecule has 0 bridgehead atoms. The van der Waals surface area contributed by atoms with Gasteiger partial charge in [-0.3, -0.25) is 14.8 Å². The van der Waals surface area contributed by atoms with E-state index in [1.807, 2.05) is 18.2 Å². The molecule has 0 aliphatic carbocycles. The van der Waals surface area contributed by atoms with Crippen LogP contribution in [0.1, 0.15) is 19.4 Å². The van der Waals surface area contributed by atoms with Crippen LogP contribution >= 0.6 is 0 Å². The summed E-state index contributed by atoms with van der Waals surface area (Å²) in [5.41, 5.74) is 1.78. The minimum absolute atomic E-state index is 0.246. The van der Waals surface area contributed by atoms with E-state index in [1.54, 1.807) is 0 Å². The Morgan fingerprint density at radius 1 is 1.38 bits per heavy atom. The summed E-state index contributed by atoms with van der Waals surface area (Å²) >= 11 is 0. The molecule has 6 heteroatoms. The minimum Gasteiger partial charge on any atom is -0.426 e. The van der Waals surface area contributed by atoms with Gasteiger partial charge in [-0.1, -0.05) is 6.07 Å². The van der Waals surface area contributed by atoms with Crippen LogP contribution in [0.15, 0.2) is 18.2 Å². The fourth-order valence-electron chi connectivity index (χ4n) is 2.49. The van der Waals surface area contributed by atoms with Gasteiger partial charge in [-0.25, -0.2) is 5.06 Å². The number of carbonyl (C=O) groups excluding carboxylic acids is 2. The maximum absolute atomic E-state index is 11.9. The SMILES string of the molecule is CCN(CC)c1ccc2c(c1)OC(=O)C(C(=O)N(C)O)C2. The second kappa shape index (κ2) is 6.13. The summed E-state index contributed by atoms with van der Waals surface area (Å²) in [5, 5.41) is 9.62. The highest BCUT2D eigenvalue weighted by Gasteiger charge is 2.36. The summed E-state index contributed by atoms with van der Waals surface area (Å²) in [4.78, 5) is 25.8. The Labute approximate surface area is 123 Å². The highest BCUT2D eigenvalue weighted by molar-refractivity contribution is 5.99. The molecule has 1 unspecified atom stereocenters. The van der Waals surface area contributed by atoms with Gasteiger partial charge >= 0.3 is 5.97 Å². The van der Waals surface area contributed by atoms with Gasteiger partial charge in [0.2, 0.25) is 0 Å². The van der Waals surface area contributed by atoms with Gasteiger partial charge in [0, 0.05) is 31.9 Å². The van der Waals surface area contributed by atoms with Crippen LogP contribution in [-0.2, 0) is 16.0 Å². The van der Waals surface area contributed by atoms with Crippen molar-refractivity contribution in [3.05, 3.63) is 23.8 Å². The Morgan fingerprint density at radius 2 is 2.05 bits per heavy atom. The third kappa shape index (κ3) is 3.00. The number of ether oxygens (including phenoxy) is 1. The molecule has 2 rings (SSSR count). The molecule has 21 heavy (non-hydrogen) atoms. The molecule has 1 atom stereocenters. The number of hydrogen-bond acceptors (Lipinski definition) is 5. The quantitative estimate of drug-likeness (QED) is 0.299. The number of fused-ring (bicyclic) bond motifs is 1. The Hall–Kier alpha value is -2.08. The predicted octanol–water partition coefficient (Wildman–Crippen LogP) is 1.46.